The largest absolute Gasteiger partial charge is 0.497 e. The summed E-state index contributed by atoms with van der Waals surface area (Å²) < 4.78 is 10.5. The van der Waals surface area contributed by atoms with Crippen LogP contribution in [0, 0.1) is 6.92 Å². The van der Waals surface area contributed by atoms with Crippen molar-refractivity contribution in [1.29, 1.82) is 0 Å². The molecule has 1 aromatic carbocycles. The molecule has 28 heavy (non-hydrogen) atoms. The molecule has 0 spiro atoms. The Hall–Kier alpha value is -3.13. The van der Waals surface area contributed by atoms with Gasteiger partial charge in [0.15, 0.2) is 0 Å². The van der Waals surface area contributed by atoms with Gasteiger partial charge in [0.1, 0.15) is 22.3 Å². The first kappa shape index (κ1) is 19.6. The number of carbonyl (C=O) groups excluding carboxylic acids is 1. The van der Waals surface area contributed by atoms with E-state index in [0.717, 1.165) is 11.4 Å². The van der Waals surface area contributed by atoms with Crippen molar-refractivity contribution in [2.75, 3.05) is 25.3 Å². The normalized spacial score (nSPS) is 10.4. The van der Waals surface area contributed by atoms with Gasteiger partial charge in [0, 0.05) is 12.3 Å². The van der Waals surface area contributed by atoms with Crippen molar-refractivity contribution in [1.82, 2.24) is 15.0 Å². The monoisotopic (exact) mass is 396 g/mol. The average Bonchev–Trinajstić information content (AvgIpc) is 2.72. The third-order valence-corrected chi connectivity index (χ3v) is 4.69. The van der Waals surface area contributed by atoms with E-state index in [-0.39, 0.29) is 11.7 Å². The van der Waals surface area contributed by atoms with Crippen molar-refractivity contribution in [3.63, 3.8) is 0 Å². The Balaban J connectivity index is 1.69. The zero-order chi connectivity index (χ0) is 19.9. The van der Waals surface area contributed by atoms with Gasteiger partial charge >= 0.3 is 0 Å². The predicted molar refractivity (Wildman–Crippen MR) is 109 cm³/mol. The number of nitrogens with one attached hydrogen (secondary N) is 1. The minimum atomic E-state index is -0.174. The van der Waals surface area contributed by atoms with Crippen LogP contribution in [0.1, 0.15) is 5.82 Å². The molecule has 2 heterocycles. The maximum Gasteiger partial charge on any atom is 0.234 e. The summed E-state index contributed by atoms with van der Waals surface area (Å²) in [6.07, 6.45) is 1.72. The van der Waals surface area contributed by atoms with Crippen LogP contribution in [-0.4, -0.2) is 40.8 Å². The molecular weight excluding hydrogens is 376 g/mol. The smallest absolute Gasteiger partial charge is 0.234 e. The van der Waals surface area contributed by atoms with E-state index in [1.807, 2.05) is 31.2 Å². The first-order valence-electron chi connectivity index (χ1n) is 8.51. The lowest BCUT2D eigenvalue weighted by Crippen LogP contribution is -2.15. The van der Waals surface area contributed by atoms with Crippen molar-refractivity contribution in [3.8, 4) is 22.9 Å². The number of carbonyl (C=O) groups is 1. The number of methoxy groups -OCH3 is 2. The molecule has 0 radical (unpaired) electrons. The number of nitrogens with zero attached hydrogens (tertiary/aromatic N) is 3. The van der Waals surface area contributed by atoms with Gasteiger partial charge in [0.05, 0.1) is 37.0 Å². The molecule has 3 aromatic rings. The van der Waals surface area contributed by atoms with Gasteiger partial charge in [-0.15, -0.1) is 0 Å². The number of aromatic nitrogens is 3. The van der Waals surface area contributed by atoms with Crippen LogP contribution in [-0.2, 0) is 4.79 Å². The number of anilines is 1. The number of pyridine rings is 1. The lowest BCUT2D eigenvalue weighted by molar-refractivity contribution is -0.113. The van der Waals surface area contributed by atoms with E-state index in [2.05, 4.69) is 20.3 Å². The van der Waals surface area contributed by atoms with E-state index in [0.29, 0.717) is 28.0 Å². The van der Waals surface area contributed by atoms with Crippen LogP contribution >= 0.6 is 11.8 Å². The summed E-state index contributed by atoms with van der Waals surface area (Å²) >= 11 is 1.33. The van der Waals surface area contributed by atoms with Gasteiger partial charge in [-0.1, -0.05) is 17.8 Å². The van der Waals surface area contributed by atoms with Gasteiger partial charge in [-0.05, 0) is 37.3 Å². The predicted octanol–water partition coefficient (Wildman–Crippen LogP) is 3.60. The Labute approximate surface area is 167 Å². The Morgan fingerprint density at radius 3 is 2.64 bits per heavy atom. The van der Waals surface area contributed by atoms with Crippen LogP contribution in [0.2, 0.25) is 0 Å². The minimum Gasteiger partial charge on any atom is -0.497 e. The summed E-state index contributed by atoms with van der Waals surface area (Å²) in [5, 5.41) is 3.56. The van der Waals surface area contributed by atoms with Gasteiger partial charge in [-0.2, -0.15) is 0 Å². The molecule has 144 valence electrons. The lowest BCUT2D eigenvalue weighted by Gasteiger charge is -2.11. The molecule has 0 bridgehead atoms. The number of hydrogen-bond acceptors (Lipinski definition) is 7. The Kier molecular flexibility index (Phi) is 6.44. The highest BCUT2D eigenvalue weighted by molar-refractivity contribution is 7.99. The van der Waals surface area contributed by atoms with Crippen molar-refractivity contribution < 1.29 is 14.3 Å². The molecule has 0 saturated carbocycles. The quantitative estimate of drug-likeness (QED) is 0.482. The number of thioether (sulfide) groups is 1. The van der Waals surface area contributed by atoms with Gasteiger partial charge in [0.2, 0.25) is 5.91 Å². The molecule has 0 aliphatic rings. The Morgan fingerprint density at radius 1 is 1.07 bits per heavy atom. The zero-order valence-electron chi connectivity index (χ0n) is 15.8. The molecule has 0 atom stereocenters. The Morgan fingerprint density at radius 2 is 1.93 bits per heavy atom. The van der Waals surface area contributed by atoms with Crippen LogP contribution in [0.4, 0.5) is 5.69 Å². The van der Waals surface area contributed by atoms with Crippen molar-refractivity contribution >= 4 is 23.4 Å². The minimum absolute atomic E-state index is 0.174. The topological polar surface area (TPSA) is 86.2 Å². The highest BCUT2D eigenvalue weighted by Gasteiger charge is 2.11. The van der Waals surface area contributed by atoms with Gasteiger partial charge in [-0.25, -0.2) is 9.97 Å². The molecule has 1 amide bonds. The number of aryl methyl sites for hydroxylation is 1. The number of rotatable bonds is 7. The van der Waals surface area contributed by atoms with E-state index in [9.17, 15) is 4.79 Å². The molecule has 8 heteroatoms. The Bertz CT molecular complexity index is 967. The first-order valence-corrected chi connectivity index (χ1v) is 9.49. The molecule has 7 nitrogen and oxygen atoms in total. The van der Waals surface area contributed by atoms with Gasteiger partial charge in [-0.3, -0.25) is 9.78 Å². The molecule has 1 N–H and O–H groups in total. The molecule has 0 fully saturated rings. The van der Waals surface area contributed by atoms with Crippen LogP contribution < -0.4 is 14.8 Å². The first-order chi connectivity index (χ1) is 13.6. The summed E-state index contributed by atoms with van der Waals surface area (Å²) in [6.45, 7) is 1.82. The average molecular weight is 396 g/mol. The summed E-state index contributed by atoms with van der Waals surface area (Å²) in [5.74, 6) is 1.84. The van der Waals surface area contributed by atoms with E-state index >= 15 is 0 Å². The molecule has 0 aliphatic carbocycles. The second-order valence-electron chi connectivity index (χ2n) is 5.76. The molecule has 0 unspecified atom stereocenters. The number of ether oxygens (including phenoxy) is 2. The van der Waals surface area contributed by atoms with Crippen LogP contribution in [0.3, 0.4) is 0 Å². The van der Waals surface area contributed by atoms with Crippen molar-refractivity contribution in [3.05, 3.63) is 54.5 Å². The number of benzene rings is 1. The fourth-order valence-electron chi connectivity index (χ4n) is 2.50. The summed E-state index contributed by atoms with van der Waals surface area (Å²) in [4.78, 5) is 25.5. The second-order valence-corrected chi connectivity index (χ2v) is 6.75. The van der Waals surface area contributed by atoms with Crippen LogP contribution in [0.15, 0.2) is 53.7 Å². The van der Waals surface area contributed by atoms with E-state index in [4.69, 9.17) is 9.47 Å². The molecular formula is C20H20N4O3S. The van der Waals surface area contributed by atoms with Crippen LogP contribution in [0.25, 0.3) is 11.4 Å². The highest BCUT2D eigenvalue weighted by Crippen LogP contribution is 2.29. The van der Waals surface area contributed by atoms with Crippen molar-refractivity contribution in [2.24, 2.45) is 0 Å². The molecule has 2 aromatic heterocycles. The number of hydrogen-bond donors (Lipinski definition) is 1. The van der Waals surface area contributed by atoms with Gasteiger partial charge < -0.3 is 14.8 Å². The lowest BCUT2D eigenvalue weighted by atomic mass is 10.2. The van der Waals surface area contributed by atoms with E-state index < -0.39 is 0 Å². The molecule has 0 saturated heterocycles. The van der Waals surface area contributed by atoms with E-state index in [1.165, 1.54) is 11.8 Å². The second kappa shape index (κ2) is 9.18. The fourth-order valence-corrected chi connectivity index (χ4v) is 3.24. The summed E-state index contributed by atoms with van der Waals surface area (Å²) in [5.41, 5.74) is 2.05. The maximum atomic E-state index is 12.4. The molecule has 0 aliphatic heterocycles. The van der Waals surface area contributed by atoms with E-state index in [1.54, 1.807) is 38.6 Å². The maximum absolute atomic E-state index is 12.4. The fraction of sp³-hybridized carbons (Fsp3) is 0.200. The highest BCUT2D eigenvalue weighted by atomic mass is 32.2. The third kappa shape index (κ3) is 4.98. The van der Waals surface area contributed by atoms with Crippen molar-refractivity contribution in [2.45, 2.75) is 11.9 Å². The summed E-state index contributed by atoms with van der Waals surface area (Å²) in [6, 6.07) is 12.7. The standard InChI is InChI=1S/C20H20N4O3S/c1-13-22-16(15-6-4-5-9-21-15)11-20(23-13)28-12-19(25)24-17-10-14(26-2)7-8-18(17)27-3/h4-11H,12H2,1-3H3,(H,24,25). The number of amides is 1. The zero-order valence-corrected chi connectivity index (χ0v) is 16.6. The van der Waals surface area contributed by atoms with Gasteiger partial charge in [0.25, 0.3) is 0 Å². The van der Waals surface area contributed by atoms with Crippen LogP contribution in [0.5, 0.6) is 11.5 Å². The third-order valence-electron chi connectivity index (χ3n) is 3.77. The summed E-state index contributed by atoms with van der Waals surface area (Å²) in [7, 11) is 3.12. The molecule has 3 rings (SSSR count). The SMILES string of the molecule is COc1ccc(OC)c(NC(=O)CSc2cc(-c3ccccn3)nc(C)n2)c1.